The van der Waals surface area contributed by atoms with E-state index in [1.165, 1.54) is 0 Å². The Bertz CT molecular complexity index is 743. The molecular formula is C16H17N3O2S. The van der Waals surface area contributed by atoms with Crippen LogP contribution in [0.4, 0.5) is 0 Å². The van der Waals surface area contributed by atoms with E-state index in [1.807, 2.05) is 37.3 Å². The number of aromatic nitrogens is 1. The van der Waals surface area contributed by atoms with Crippen molar-refractivity contribution in [1.82, 2.24) is 9.88 Å². The molecule has 2 atom stereocenters. The van der Waals surface area contributed by atoms with Crippen molar-refractivity contribution < 1.29 is 9.00 Å². The summed E-state index contributed by atoms with van der Waals surface area (Å²) in [6.07, 6.45) is 1.63. The number of H-pyrrole nitrogens is 1. The van der Waals surface area contributed by atoms with Gasteiger partial charge in [-0.05, 0) is 36.8 Å². The van der Waals surface area contributed by atoms with Crippen molar-refractivity contribution in [1.29, 1.82) is 5.26 Å². The lowest BCUT2D eigenvalue weighted by atomic mass is 10.1. The van der Waals surface area contributed by atoms with Crippen LogP contribution in [0.15, 0.2) is 41.3 Å². The van der Waals surface area contributed by atoms with E-state index in [2.05, 4.69) is 4.98 Å². The second-order valence-electron chi connectivity index (χ2n) is 5.01. The number of carbonyl (C=O) groups excluding carboxylic acids is 1. The maximum Gasteiger partial charge on any atom is 0.270 e. The van der Waals surface area contributed by atoms with Crippen LogP contribution in [0.1, 0.15) is 34.7 Å². The Morgan fingerprint density at radius 3 is 2.41 bits per heavy atom. The third kappa shape index (κ3) is 3.26. The zero-order chi connectivity index (χ0) is 16.3. The lowest BCUT2D eigenvalue weighted by Gasteiger charge is -2.25. The number of rotatable bonds is 4. The Morgan fingerprint density at radius 1 is 1.27 bits per heavy atom. The van der Waals surface area contributed by atoms with Gasteiger partial charge in [0.25, 0.3) is 5.91 Å². The van der Waals surface area contributed by atoms with Crippen LogP contribution in [0, 0.1) is 11.3 Å². The molecule has 0 aliphatic rings. The summed E-state index contributed by atoms with van der Waals surface area (Å²) in [6, 6.07) is 12.4. The minimum Gasteiger partial charge on any atom is -0.342 e. The van der Waals surface area contributed by atoms with E-state index in [9.17, 15) is 9.00 Å². The molecule has 6 heteroatoms. The van der Waals surface area contributed by atoms with E-state index >= 15 is 0 Å². The van der Waals surface area contributed by atoms with Gasteiger partial charge >= 0.3 is 0 Å². The smallest absolute Gasteiger partial charge is 0.270 e. The van der Waals surface area contributed by atoms with Crippen molar-refractivity contribution in [3.63, 3.8) is 0 Å². The molecule has 2 rings (SSSR count). The van der Waals surface area contributed by atoms with Gasteiger partial charge in [0.1, 0.15) is 17.5 Å². The van der Waals surface area contributed by atoms with Crippen LogP contribution in [0.3, 0.4) is 0 Å². The highest BCUT2D eigenvalue weighted by atomic mass is 32.2. The molecule has 0 aliphatic carbocycles. The number of hydrogen-bond donors (Lipinski definition) is 1. The van der Waals surface area contributed by atoms with Gasteiger partial charge in [-0.1, -0.05) is 12.1 Å². The van der Waals surface area contributed by atoms with E-state index in [-0.39, 0.29) is 11.9 Å². The fraction of sp³-hybridized carbons (Fsp3) is 0.250. The van der Waals surface area contributed by atoms with Crippen molar-refractivity contribution in [3.05, 3.63) is 53.3 Å². The van der Waals surface area contributed by atoms with Crippen LogP contribution in [0.2, 0.25) is 0 Å². The minimum atomic E-state index is -1.01. The largest absolute Gasteiger partial charge is 0.342 e. The first-order valence-electron chi connectivity index (χ1n) is 6.73. The van der Waals surface area contributed by atoms with Gasteiger partial charge in [-0.3, -0.25) is 9.00 Å². The Labute approximate surface area is 132 Å². The number of nitrogens with zero attached hydrogens (tertiary/aromatic N) is 2. The summed E-state index contributed by atoms with van der Waals surface area (Å²) in [6.45, 7) is 1.92. The van der Waals surface area contributed by atoms with Gasteiger partial charge in [0.2, 0.25) is 0 Å². The molecule has 1 N–H and O–H groups in total. The summed E-state index contributed by atoms with van der Waals surface area (Å²) >= 11 is 0. The number of carbonyl (C=O) groups is 1. The highest BCUT2D eigenvalue weighted by molar-refractivity contribution is 7.84. The highest BCUT2D eigenvalue weighted by Crippen LogP contribution is 2.21. The van der Waals surface area contributed by atoms with Gasteiger partial charge in [-0.15, -0.1) is 0 Å². The standard InChI is InChI=1S/C16H17N3O2S/c1-11(12-4-7-14(8-5-12)22(3)21)19(2)16(20)15-9-6-13(10-17)18-15/h4-9,11,18H,1-3H3. The molecule has 0 spiro atoms. The molecule has 0 aliphatic heterocycles. The molecule has 1 aromatic heterocycles. The molecule has 1 amide bonds. The van der Waals surface area contributed by atoms with Crippen LogP contribution in [-0.2, 0) is 10.8 Å². The second-order valence-corrected chi connectivity index (χ2v) is 6.39. The van der Waals surface area contributed by atoms with Gasteiger partial charge in [0.15, 0.2) is 0 Å². The Balaban J connectivity index is 2.17. The van der Waals surface area contributed by atoms with Crippen molar-refractivity contribution >= 4 is 16.7 Å². The number of nitriles is 1. The molecule has 22 heavy (non-hydrogen) atoms. The molecule has 114 valence electrons. The molecule has 2 aromatic rings. The van der Waals surface area contributed by atoms with Gasteiger partial charge in [0, 0.05) is 29.0 Å². The zero-order valence-corrected chi connectivity index (χ0v) is 13.5. The van der Waals surface area contributed by atoms with E-state index in [0.717, 1.165) is 10.5 Å². The third-order valence-electron chi connectivity index (χ3n) is 3.63. The van der Waals surface area contributed by atoms with Crippen molar-refractivity contribution in [2.45, 2.75) is 17.9 Å². The average molecular weight is 315 g/mol. The van der Waals surface area contributed by atoms with Crippen LogP contribution in [0.25, 0.3) is 0 Å². The number of aromatic amines is 1. The summed E-state index contributed by atoms with van der Waals surface area (Å²) in [5, 5.41) is 8.80. The molecule has 0 saturated heterocycles. The maximum absolute atomic E-state index is 12.4. The molecule has 0 bridgehead atoms. The van der Waals surface area contributed by atoms with E-state index < -0.39 is 10.8 Å². The molecule has 5 nitrogen and oxygen atoms in total. The zero-order valence-electron chi connectivity index (χ0n) is 12.7. The summed E-state index contributed by atoms with van der Waals surface area (Å²) in [7, 11) is 0.700. The molecule has 1 aromatic carbocycles. The van der Waals surface area contributed by atoms with Crippen LogP contribution < -0.4 is 0 Å². The van der Waals surface area contributed by atoms with Crippen molar-refractivity contribution in [2.24, 2.45) is 0 Å². The van der Waals surface area contributed by atoms with Gasteiger partial charge < -0.3 is 9.88 Å². The number of benzene rings is 1. The average Bonchev–Trinajstić information content (AvgIpc) is 3.01. The van der Waals surface area contributed by atoms with Crippen LogP contribution in [0.5, 0.6) is 0 Å². The summed E-state index contributed by atoms with van der Waals surface area (Å²) in [4.78, 5) is 17.5. The van der Waals surface area contributed by atoms with E-state index in [4.69, 9.17) is 5.26 Å². The second kappa shape index (κ2) is 6.58. The fourth-order valence-corrected chi connectivity index (χ4v) is 2.63. The summed E-state index contributed by atoms with van der Waals surface area (Å²) < 4.78 is 11.4. The molecule has 2 unspecified atom stereocenters. The predicted octanol–water partition coefficient (Wildman–Crippen LogP) is 2.46. The lowest BCUT2D eigenvalue weighted by molar-refractivity contribution is 0.0737. The first kappa shape index (κ1) is 16.0. The fourth-order valence-electron chi connectivity index (χ4n) is 2.11. The monoisotopic (exact) mass is 315 g/mol. The lowest BCUT2D eigenvalue weighted by Crippen LogP contribution is -2.29. The van der Waals surface area contributed by atoms with Crippen molar-refractivity contribution in [3.8, 4) is 6.07 Å². The first-order valence-corrected chi connectivity index (χ1v) is 8.29. The highest BCUT2D eigenvalue weighted by Gasteiger charge is 2.20. The minimum absolute atomic E-state index is 0.138. The van der Waals surface area contributed by atoms with Gasteiger partial charge in [-0.2, -0.15) is 5.26 Å². The number of amides is 1. The van der Waals surface area contributed by atoms with Gasteiger partial charge in [-0.25, -0.2) is 0 Å². The number of nitrogens with one attached hydrogen (secondary N) is 1. The number of hydrogen-bond acceptors (Lipinski definition) is 3. The predicted molar refractivity (Wildman–Crippen MR) is 84.8 cm³/mol. The maximum atomic E-state index is 12.4. The van der Waals surface area contributed by atoms with Crippen LogP contribution >= 0.6 is 0 Å². The quantitative estimate of drug-likeness (QED) is 0.941. The molecule has 0 saturated carbocycles. The van der Waals surface area contributed by atoms with Crippen LogP contribution in [-0.4, -0.2) is 33.3 Å². The normalized spacial score (nSPS) is 13.2. The molecule has 0 fully saturated rings. The Kier molecular flexibility index (Phi) is 4.78. The van der Waals surface area contributed by atoms with Gasteiger partial charge in [0.05, 0.1) is 6.04 Å². The Hall–Kier alpha value is -2.39. The van der Waals surface area contributed by atoms with Crippen molar-refractivity contribution in [2.75, 3.05) is 13.3 Å². The first-order chi connectivity index (χ1) is 10.4. The summed E-state index contributed by atoms with van der Waals surface area (Å²) in [5.41, 5.74) is 1.70. The topological polar surface area (TPSA) is 77.0 Å². The summed E-state index contributed by atoms with van der Waals surface area (Å²) in [5.74, 6) is -0.183. The molecule has 1 heterocycles. The molecule has 0 radical (unpaired) electrons. The van der Waals surface area contributed by atoms with E-state index in [1.54, 1.807) is 30.3 Å². The third-order valence-corrected chi connectivity index (χ3v) is 4.57. The molecular weight excluding hydrogens is 298 g/mol. The Morgan fingerprint density at radius 2 is 1.91 bits per heavy atom. The van der Waals surface area contributed by atoms with E-state index in [0.29, 0.717) is 11.4 Å². The SMILES string of the molecule is CC(c1ccc(S(C)=O)cc1)N(C)C(=O)c1ccc(C#N)[nH]1.